The summed E-state index contributed by atoms with van der Waals surface area (Å²) in [5, 5.41) is 4.28. The summed E-state index contributed by atoms with van der Waals surface area (Å²) in [6.07, 6.45) is 5.40. The van der Waals surface area contributed by atoms with Gasteiger partial charge in [-0.05, 0) is 44.2 Å². The molecule has 0 saturated heterocycles. The third-order valence-corrected chi connectivity index (χ3v) is 5.82. The maximum absolute atomic E-state index is 12.3. The fourth-order valence-electron chi connectivity index (χ4n) is 2.95. The highest BCUT2D eigenvalue weighted by Crippen LogP contribution is 2.29. The molecule has 22 heavy (non-hydrogen) atoms. The third-order valence-electron chi connectivity index (χ3n) is 4.60. The number of aryl methyl sites for hydroxylation is 1. The monoisotopic (exact) mass is 322 g/mol. The molecule has 5 heteroatoms. The Morgan fingerprint density at radius 3 is 2.59 bits per heavy atom. The Labute approximate surface area is 134 Å². The van der Waals surface area contributed by atoms with Gasteiger partial charge in [0.05, 0.1) is 4.90 Å². The van der Waals surface area contributed by atoms with E-state index in [2.05, 4.69) is 23.8 Å². The maximum Gasteiger partial charge on any atom is 0.276 e. The summed E-state index contributed by atoms with van der Waals surface area (Å²) in [7, 11) is -3.57. The third kappa shape index (κ3) is 4.09. The minimum Gasteiger partial charge on any atom is -0.200 e. The van der Waals surface area contributed by atoms with Gasteiger partial charge in [-0.25, -0.2) is 4.83 Å². The van der Waals surface area contributed by atoms with Crippen LogP contribution in [0.25, 0.3) is 0 Å². The first kappa shape index (κ1) is 17.0. The van der Waals surface area contributed by atoms with E-state index in [-0.39, 0.29) is 4.90 Å². The first-order chi connectivity index (χ1) is 10.4. The van der Waals surface area contributed by atoms with Crippen LogP contribution in [0.4, 0.5) is 0 Å². The van der Waals surface area contributed by atoms with E-state index < -0.39 is 10.0 Å². The number of sulfonamides is 1. The Hall–Kier alpha value is -1.36. The van der Waals surface area contributed by atoms with E-state index in [0.29, 0.717) is 11.8 Å². The zero-order valence-corrected chi connectivity index (χ0v) is 14.5. The molecule has 1 aliphatic rings. The summed E-state index contributed by atoms with van der Waals surface area (Å²) < 4.78 is 24.6. The summed E-state index contributed by atoms with van der Waals surface area (Å²) >= 11 is 0. The van der Waals surface area contributed by atoms with Gasteiger partial charge < -0.3 is 0 Å². The topological polar surface area (TPSA) is 58.5 Å². The fourth-order valence-corrected chi connectivity index (χ4v) is 3.78. The number of hydrogen-bond acceptors (Lipinski definition) is 3. The molecule has 0 radical (unpaired) electrons. The lowest BCUT2D eigenvalue weighted by Gasteiger charge is -2.28. The van der Waals surface area contributed by atoms with Crippen molar-refractivity contribution in [2.45, 2.75) is 57.8 Å². The van der Waals surface area contributed by atoms with Crippen LogP contribution < -0.4 is 4.83 Å². The Morgan fingerprint density at radius 2 is 1.95 bits per heavy atom. The van der Waals surface area contributed by atoms with Gasteiger partial charge in [-0.15, -0.1) is 0 Å². The maximum atomic E-state index is 12.3. The van der Waals surface area contributed by atoms with E-state index in [9.17, 15) is 8.42 Å². The molecule has 2 rings (SSSR count). The Kier molecular flexibility index (Phi) is 5.62. The molecule has 0 heterocycles. The number of benzene rings is 1. The Bertz CT molecular complexity index is 621. The van der Waals surface area contributed by atoms with Crippen molar-refractivity contribution < 1.29 is 8.42 Å². The van der Waals surface area contributed by atoms with Crippen molar-refractivity contribution in [2.24, 2.45) is 16.9 Å². The molecule has 0 spiro atoms. The fraction of sp³-hybridized carbons (Fsp3) is 0.588. The highest BCUT2D eigenvalue weighted by atomic mass is 32.2. The molecular formula is C17H26N2O2S. The van der Waals surface area contributed by atoms with Gasteiger partial charge in [0.15, 0.2) is 0 Å². The van der Waals surface area contributed by atoms with E-state index >= 15 is 0 Å². The second kappa shape index (κ2) is 7.27. The normalized spacial score (nSPS) is 22.5. The quantitative estimate of drug-likeness (QED) is 0.837. The summed E-state index contributed by atoms with van der Waals surface area (Å²) in [5.41, 5.74) is 2.05. The summed E-state index contributed by atoms with van der Waals surface area (Å²) in [5.74, 6) is 0.947. The molecule has 1 fully saturated rings. The van der Waals surface area contributed by atoms with Gasteiger partial charge in [0.1, 0.15) is 0 Å². The zero-order chi connectivity index (χ0) is 16.2. The molecule has 2 atom stereocenters. The minimum atomic E-state index is -3.57. The van der Waals surface area contributed by atoms with Crippen molar-refractivity contribution >= 4 is 15.7 Å². The summed E-state index contributed by atoms with van der Waals surface area (Å²) in [6.45, 7) is 6.33. The van der Waals surface area contributed by atoms with Crippen molar-refractivity contribution in [3.63, 3.8) is 0 Å². The van der Waals surface area contributed by atoms with Gasteiger partial charge >= 0.3 is 0 Å². The number of hydrazone groups is 1. The first-order valence-corrected chi connectivity index (χ1v) is 9.57. The molecule has 0 aliphatic heterocycles. The van der Waals surface area contributed by atoms with Gasteiger partial charge in [0.25, 0.3) is 10.0 Å². The van der Waals surface area contributed by atoms with Crippen LogP contribution in [0.2, 0.25) is 0 Å². The zero-order valence-electron chi connectivity index (χ0n) is 13.7. The average molecular weight is 322 g/mol. The molecule has 0 unspecified atom stereocenters. The highest BCUT2D eigenvalue weighted by molar-refractivity contribution is 7.89. The largest absolute Gasteiger partial charge is 0.276 e. The molecule has 0 amide bonds. The Balaban J connectivity index is 2.16. The van der Waals surface area contributed by atoms with Crippen LogP contribution in [0, 0.1) is 18.8 Å². The van der Waals surface area contributed by atoms with Crippen molar-refractivity contribution in [3.8, 4) is 0 Å². The van der Waals surface area contributed by atoms with E-state index in [0.717, 1.165) is 37.0 Å². The van der Waals surface area contributed by atoms with Crippen LogP contribution in [0.3, 0.4) is 0 Å². The number of nitrogens with zero attached hydrogens (tertiary/aromatic N) is 1. The van der Waals surface area contributed by atoms with E-state index in [4.69, 9.17) is 0 Å². The molecule has 0 bridgehead atoms. The second-order valence-electron chi connectivity index (χ2n) is 6.25. The molecule has 4 nitrogen and oxygen atoms in total. The van der Waals surface area contributed by atoms with E-state index in [1.807, 2.05) is 6.92 Å². The summed E-state index contributed by atoms with van der Waals surface area (Å²) in [4.78, 5) is 2.70. The number of hydrogen-bond donors (Lipinski definition) is 1. The standard InChI is InChI=1S/C17H26N2O2S/c1-4-14(3)16-7-5-6-8-17(16)18-19-22(20,21)15-11-9-13(2)10-12-15/h9-12,14,16,19H,4-8H2,1-3H3/b18-17+/t14-,16-/m0/s1. The molecule has 0 aromatic heterocycles. The van der Waals surface area contributed by atoms with E-state index in [1.54, 1.807) is 24.3 Å². The van der Waals surface area contributed by atoms with Crippen LogP contribution in [0.1, 0.15) is 51.5 Å². The minimum absolute atomic E-state index is 0.262. The molecule has 1 aromatic carbocycles. The number of nitrogens with one attached hydrogen (secondary N) is 1. The molecule has 1 aromatic rings. The SMILES string of the molecule is CC[C@H](C)[C@@H]1CCCC/C1=N\NS(=O)(=O)c1ccc(C)cc1. The lowest BCUT2D eigenvalue weighted by atomic mass is 9.78. The first-order valence-electron chi connectivity index (χ1n) is 8.09. The van der Waals surface area contributed by atoms with Crippen molar-refractivity contribution in [1.29, 1.82) is 0 Å². The van der Waals surface area contributed by atoms with Crippen LogP contribution in [-0.4, -0.2) is 14.1 Å². The van der Waals surface area contributed by atoms with Crippen molar-refractivity contribution in [3.05, 3.63) is 29.8 Å². The molecule has 1 aliphatic carbocycles. The van der Waals surface area contributed by atoms with Gasteiger partial charge in [-0.2, -0.15) is 13.5 Å². The molecular weight excluding hydrogens is 296 g/mol. The Morgan fingerprint density at radius 1 is 1.27 bits per heavy atom. The summed E-state index contributed by atoms with van der Waals surface area (Å²) in [6, 6.07) is 6.82. The predicted octanol–water partition coefficient (Wildman–Crippen LogP) is 3.87. The highest BCUT2D eigenvalue weighted by Gasteiger charge is 2.25. The molecule has 1 saturated carbocycles. The predicted molar refractivity (Wildman–Crippen MR) is 90.3 cm³/mol. The number of rotatable bonds is 5. The molecule has 122 valence electrons. The lowest BCUT2D eigenvalue weighted by molar-refractivity contribution is 0.379. The van der Waals surface area contributed by atoms with Gasteiger partial charge in [0, 0.05) is 11.6 Å². The van der Waals surface area contributed by atoms with Crippen LogP contribution in [0.15, 0.2) is 34.3 Å². The van der Waals surface area contributed by atoms with Gasteiger partial charge in [-0.1, -0.05) is 44.4 Å². The van der Waals surface area contributed by atoms with Crippen LogP contribution in [-0.2, 0) is 10.0 Å². The van der Waals surface area contributed by atoms with Crippen molar-refractivity contribution in [2.75, 3.05) is 0 Å². The molecule has 1 N–H and O–H groups in total. The van der Waals surface area contributed by atoms with Crippen molar-refractivity contribution in [1.82, 2.24) is 4.83 Å². The lowest BCUT2D eigenvalue weighted by Crippen LogP contribution is -2.29. The second-order valence-corrected chi connectivity index (χ2v) is 7.91. The smallest absolute Gasteiger partial charge is 0.200 e. The van der Waals surface area contributed by atoms with Crippen LogP contribution >= 0.6 is 0 Å². The van der Waals surface area contributed by atoms with Crippen LogP contribution in [0.5, 0.6) is 0 Å². The average Bonchev–Trinajstić information content (AvgIpc) is 2.53. The van der Waals surface area contributed by atoms with Gasteiger partial charge in [-0.3, -0.25) is 0 Å². The van der Waals surface area contributed by atoms with Gasteiger partial charge in [0.2, 0.25) is 0 Å². The van der Waals surface area contributed by atoms with E-state index in [1.165, 1.54) is 6.42 Å².